The van der Waals surface area contributed by atoms with Crippen LogP contribution in [0.25, 0.3) is 0 Å². The average molecular weight is 461 g/mol. The molecule has 2 fully saturated rings. The SMILES string of the molecule is CC(=NC1CCCCC1)c1cc(C)cc(C(C)=NC2CCCCC2)n1.[Cl-].[Cl-].[V+2]. The van der Waals surface area contributed by atoms with Gasteiger partial charge in [0.1, 0.15) is 0 Å². The van der Waals surface area contributed by atoms with Crippen LogP contribution in [0.1, 0.15) is 95.0 Å². The van der Waals surface area contributed by atoms with E-state index >= 15 is 0 Å². The summed E-state index contributed by atoms with van der Waals surface area (Å²) in [6, 6.07) is 5.32. The Bertz CT molecular complexity index is 597. The molecule has 0 aromatic carbocycles. The molecule has 3 rings (SSSR count). The summed E-state index contributed by atoms with van der Waals surface area (Å²) in [5.74, 6) is 0. The quantitative estimate of drug-likeness (QED) is 0.567. The standard InChI is InChI=1S/C22H33N3.2ClH.V/c1-16-14-21(17(2)23-19-10-6-4-7-11-19)25-22(15-16)18(3)24-20-12-8-5-9-13-20;;;/h14-15,19-20H,4-13H2,1-3H3;2*1H;/q;;;+2/p-2. The van der Waals surface area contributed by atoms with Gasteiger partial charge in [0.05, 0.1) is 34.9 Å². The maximum absolute atomic E-state index is 4.98. The summed E-state index contributed by atoms with van der Waals surface area (Å²) in [5, 5.41) is 0. The Morgan fingerprint density at radius 2 is 1.11 bits per heavy atom. The van der Waals surface area contributed by atoms with Crippen molar-refractivity contribution in [2.45, 2.75) is 97.1 Å². The van der Waals surface area contributed by atoms with E-state index in [0.29, 0.717) is 12.1 Å². The van der Waals surface area contributed by atoms with Crippen LogP contribution in [-0.4, -0.2) is 28.5 Å². The topological polar surface area (TPSA) is 37.6 Å². The van der Waals surface area contributed by atoms with Crippen molar-refractivity contribution in [1.29, 1.82) is 0 Å². The number of hydrogen-bond donors (Lipinski definition) is 0. The molecule has 1 radical (unpaired) electrons. The number of aromatic nitrogens is 1. The third kappa shape index (κ3) is 8.18. The Kier molecular flexibility index (Phi) is 13.6. The molecule has 6 heteroatoms. The van der Waals surface area contributed by atoms with Crippen molar-refractivity contribution >= 4 is 11.4 Å². The van der Waals surface area contributed by atoms with Crippen molar-refractivity contribution in [1.82, 2.24) is 4.98 Å². The zero-order valence-electron chi connectivity index (χ0n) is 17.4. The van der Waals surface area contributed by atoms with Gasteiger partial charge in [0.15, 0.2) is 0 Å². The van der Waals surface area contributed by atoms with Crippen LogP contribution in [0.15, 0.2) is 22.1 Å². The zero-order chi connectivity index (χ0) is 17.6. The fourth-order valence-electron chi connectivity index (χ4n) is 4.14. The summed E-state index contributed by atoms with van der Waals surface area (Å²) in [6.07, 6.45) is 13.0. The molecule has 3 nitrogen and oxygen atoms in total. The Balaban J connectivity index is 0.00000243. The van der Waals surface area contributed by atoms with Gasteiger partial charge in [-0.15, -0.1) is 0 Å². The summed E-state index contributed by atoms with van der Waals surface area (Å²) in [5.41, 5.74) is 5.47. The van der Waals surface area contributed by atoms with E-state index in [9.17, 15) is 0 Å². The molecule has 0 unspecified atom stereocenters. The third-order valence-electron chi connectivity index (χ3n) is 5.61. The van der Waals surface area contributed by atoms with Crippen LogP contribution in [-0.2, 0) is 18.6 Å². The third-order valence-corrected chi connectivity index (χ3v) is 5.61. The van der Waals surface area contributed by atoms with Crippen molar-refractivity contribution < 1.29 is 43.4 Å². The Hall–Kier alpha value is -0.346. The van der Waals surface area contributed by atoms with Crippen molar-refractivity contribution in [3.05, 3.63) is 29.1 Å². The summed E-state index contributed by atoms with van der Waals surface area (Å²) in [4.78, 5) is 14.9. The van der Waals surface area contributed by atoms with Crippen LogP contribution < -0.4 is 24.8 Å². The Morgan fingerprint density at radius 1 is 0.750 bits per heavy atom. The van der Waals surface area contributed by atoms with Gasteiger partial charge in [-0.1, -0.05) is 38.5 Å². The maximum Gasteiger partial charge on any atom is 2.00 e. The van der Waals surface area contributed by atoms with Crippen LogP contribution in [0.3, 0.4) is 0 Å². The smallest absolute Gasteiger partial charge is 1.00 e. The minimum Gasteiger partial charge on any atom is -1.00 e. The van der Waals surface area contributed by atoms with Gasteiger partial charge in [-0.3, -0.25) is 9.98 Å². The van der Waals surface area contributed by atoms with Gasteiger partial charge < -0.3 is 24.8 Å². The van der Waals surface area contributed by atoms with Crippen molar-refractivity contribution in [2.75, 3.05) is 0 Å². The molecular weight excluding hydrogens is 428 g/mol. The van der Waals surface area contributed by atoms with Gasteiger partial charge in [-0.05, 0) is 64.2 Å². The Morgan fingerprint density at radius 3 is 1.46 bits per heavy atom. The molecule has 0 spiro atoms. The summed E-state index contributed by atoms with van der Waals surface area (Å²) < 4.78 is 0. The molecule has 0 saturated heterocycles. The maximum atomic E-state index is 4.98. The van der Waals surface area contributed by atoms with Gasteiger partial charge >= 0.3 is 18.6 Å². The zero-order valence-corrected chi connectivity index (χ0v) is 20.3. The molecule has 0 N–H and O–H groups in total. The second-order valence-electron chi connectivity index (χ2n) is 7.93. The van der Waals surface area contributed by atoms with E-state index in [1.54, 1.807) is 0 Å². The first-order valence-electron chi connectivity index (χ1n) is 10.2. The first-order chi connectivity index (χ1) is 12.1. The van der Waals surface area contributed by atoms with E-state index < -0.39 is 0 Å². The average Bonchev–Trinajstić information content (AvgIpc) is 2.63. The molecule has 2 aliphatic rings. The molecule has 0 aliphatic heterocycles. The number of halogens is 2. The Labute approximate surface area is 195 Å². The summed E-state index contributed by atoms with van der Waals surface area (Å²) in [7, 11) is 0. The largest absolute Gasteiger partial charge is 2.00 e. The number of aryl methyl sites for hydroxylation is 1. The predicted octanol–water partition coefficient (Wildman–Crippen LogP) is -0.321. The first kappa shape index (κ1) is 27.7. The van der Waals surface area contributed by atoms with Gasteiger partial charge in [0.25, 0.3) is 0 Å². The molecule has 0 atom stereocenters. The van der Waals surface area contributed by atoms with Gasteiger partial charge in [0, 0.05) is 0 Å². The van der Waals surface area contributed by atoms with Crippen LogP contribution in [0.2, 0.25) is 0 Å². The van der Waals surface area contributed by atoms with Gasteiger partial charge in [0.2, 0.25) is 0 Å². The van der Waals surface area contributed by atoms with Crippen molar-refractivity contribution in [3.8, 4) is 0 Å². The molecule has 1 aromatic heterocycles. The normalized spacial score (nSPS) is 19.2. The summed E-state index contributed by atoms with van der Waals surface area (Å²) >= 11 is 0. The fourth-order valence-corrected chi connectivity index (χ4v) is 4.14. The molecule has 0 amide bonds. The molecule has 1 aromatic rings. The van der Waals surface area contributed by atoms with Gasteiger partial charge in [-0.25, -0.2) is 4.98 Å². The van der Waals surface area contributed by atoms with E-state index in [1.165, 1.54) is 69.8 Å². The van der Waals surface area contributed by atoms with E-state index in [0.717, 1.165) is 22.8 Å². The number of aliphatic imine (C=N–C) groups is 2. The molecule has 155 valence electrons. The van der Waals surface area contributed by atoms with Gasteiger partial charge in [-0.2, -0.15) is 0 Å². The number of rotatable bonds is 4. The molecule has 1 heterocycles. The molecular formula is C22H33Cl2N3V. The predicted molar refractivity (Wildman–Crippen MR) is 107 cm³/mol. The van der Waals surface area contributed by atoms with Crippen LogP contribution in [0, 0.1) is 6.92 Å². The monoisotopic (exact) mass is 460 g/mol. The number of nitrogens with zero attached hydrogens (tertiary/aromatic N) is 3. The first-order valence-corrected chi connectivity index (χ1v) is 10.2. The number of pyridine rings is 1. The fraction of sp³-hybridized carbons (Fsp3) is 0.682. The molecule has 28 heavy (non-hydrogen) atoms. The minimum atomic E-state index is 0. The molecule has 2 saturated carbocycles. The molecule has 0 bridgehead atoms. The second-order valence-corrected chi connectivity index (χ2v) is 7.93. The second kappa shape index (κ2) is 13.8. The molecule has 2 aliphatic carbocycles. The minimum absolute atomic E-state index is 0. The number of hydrogen-bond acceptors (Lipinski definition) is 3. The van der Waals surface area contributed by atoms with Crippen LogP contribution in [0.5, 0.6) is 0 Å². The van der Waals surface area contributed by atoms with E-state index in [4.69, 9.17) is 15.0 Å². The van der Waals surface area contributed by atoms with E-state index in [-0.39, 0.29) is 43.4 Å². The van der Waals surface area contributed by atoms with Crippen molar-refractivity contribution in [2.24, 2.45) is 9.98 Å². The van der Waals surface area contributed by atoms with E-state index in [2.05, 4.69) is 32.9 Å². The van der Waals surface area contributed by atoms with Crippen LogP contribution in [0.4, 0.5) is 0 Å². The van der Waals surface area contributed by atoms with Crippen LogP contribution >= 0.6 is 0 Å². The van der Waals surface area contributed by atoms with Crippen molar-refractivity contribution in [3.63, 3.8) is 0 Å². The van der Waals surface area contributed by atoms with E-state index in [1.807, 2.05) is 0 Å². The summed E-state index contributed by atoms with van der Waals surface area (Å²) in [6.45, 7) is 6.39.